The number of carbonyl (C=O) groups is 1. The van der Waals surface area contributed by atoms with Gasteiger partial charge in [-0.05, 0) is 29.7 Å². The summed E-state index contributed by atoms with van der Waals surface area (Å²) in [6.45, 7) is 1.43. The Labute approximate surface area is 131 Å². The van der Waals surface area contributed by atoms with Crippen molar-refractivity contribution in [2.45, 2.75) is 19.0 Å². The number of carbonyl (C=O) groups excluding carboxylic acids is 1. The van der Waals surface area contributed by atoms with Gasteiger partial charge in [-0.25, -0.2) is 4.79 Å². The molecule has 0 radical (unpaired) electrons. The molecule has 1 heterocycles. The summed E-state index contributed by atoms with van der Waals surface area (Å²) >= 11 is 0. The van der Waals surface area contributed by atoms with E-state index >= 15 is 0 Å². The maximum Gasteiger partial charge on any atom is 0.320 e. The lowest BCUT2D eigenvalue weighted by Crippen LogP contribution is -2.32. The first-order valence-corrected chi connectivity index (χ1v) is 7.53. The van der Waals surface area contributed by atoms with Crippen molar-refractivity contribution in [1.29, 1.82) is 0 Å². The molecule has 3 rings (SSSR count). The molecule has 2 aromatic carbocycles. The third-order valence-corrected chi connectivity index (χ3v) is 4.22. The Balaban J connectivity index is 1.67. The van der Waals surface area contributed by atoms with Crippen molar-refractivity contribution in [3.8, 4) is 0 Å². The van der Waals surface area contributed by atoms with Crippen LogP contribution in [0.4, 0.5) is 10.5 Å². The second-order valence-corrected chi connectivity index (χ2v) is 5.86. The van der Waals surface area contributed by atoms with Gasteiger partial charge in [0.1, 0.15) is 0 Å². The quantitative estimate of drug-likeness (QED) is 0.882. The monoisotopic (exact) mass is 295 g/mol. The highest BCUT2D eigenvalue weighted by atomic mass is 16.2. The normalized spacial score (nSPS) is 18.0. The molecule has 114 valence electrons. The van der Waals surface area contributed by atoms with Gasteiger partial charge in [0.05, 0.1) is 6.04 Å². The van der Waals surface area contributed by atoms with E-state index in [-0.39, 0.29) is 12.1 Å². The minimum Gasteiger partial charge on any atom is -0.399 e. The van der Waals surface area contributed by atoms with Gasteiger partial charge in [-0.15, -0.1) is 0 Å². The third-order valence-electron chi connectivity index (χ3n) is 4.22. The predicted molar refractivity (Wildman–Crippen MR) is 88.4 cm³/mol. The van der Waals surface area contributed by atoms with Crippen LogP contribution in [-0.4, -0.2) is 35.5 Å². The fourth-order valence-electron chi connectivity index (χ4n) is 2.90. The Morgan fingerprint density at radius 3 is 2.41 bits per heavy atom. The van der Waals surface area contributed by atoms with Gasteiger partial charge < -0.3 is 15.5 Å². The van der Waals surface area contributed by atoms with Crippen LogP contribution in [0.5, 0.6) is 0 Å². The molecule has 22 heavy (non-hydrogen) atoms. The van der Waals surface area contributed by atoms with Crippen molar-refractivity contribution in [3.63, 3.8) is 0 Å². The number of benzene rings is 2. The number of likely N-dealkylation sites (N-methyl/N-ethyl adjacent to an activating group) is 1. The van der Waals surface area contributed by atoms with Crippen LogP contribution < -0.4 is 5.73 Å². The number of hydrogen-bond donors (Lipinski definition) is 1. The summed E-state index contributed by atoms with van der Waals surface area (Å²) in [6.07, 6.45) is 0.855. The number of anilines is 1. The highest BCUT2D eigenvalue weighted by Gasteiger charge is 2.34. The van der Waals surface area contributed by atoms with Crippen LogP contribution in [0.15, 0.2) is 54.6 Å². The van der Waals surface area contributed by atoms with Gasteiger partial charge in [-0.1, -0.05) is 42.5 Å². The zero-order valence-electron chi connectivity index (χ0n) is 12.8. The summed E-state index contributed by atoms with van der Waals surface area (Å²) in [5, 5.41) is 0. The fraction of sp³-hybridized carbons (Fsp3) is 0.278. The number of hydrogen-bond acceptors (Lipinski definition) is 2. The highest BCUT2D eigenvalue weighted by molar-refractivity contribution is 5.77. The van der Waals surface area contributed by atoms with Crippen molar-refractivity contribution < 1.29 is 4.79 Å². The number of amides is 2. The van der Waals surface area contributed by atoms with Gasteiger partial charge in [0.15, 0.2) is 0 Å². The van der Waals surface area contributed by atoms with Crippen LogP contribution in [0, 0.1) is 0 Å². The topological polar surface area (TPSA) is 49.6 Å². The Morgan fingerprint density at radius 1 is 1.05 bits per heavy atom. The molecule has 4 heteroatoms. The molecule has 4 nitrogen and oxygen atoms in total. The molecule has 1 saturated heterocycles. The number of rotatable bonds is 4. The lowest BCUT2D eigenvalue weighted by Gasteiger charge is -2.17. The van der Waals surface area contributed by atoms with Crippen molar-refractivity contribution in [1.82, 2.24) is 9.80 Å². The molecule has 1 fully saturated rings. The summed E-state index contributed by atoms with van der Waals surface area (Å²) in [6, 6.07) is 18.3. The molecule has 0 bridgehead atoms. The van der Waals surface area contributed by atoms with Gasteiger partial charge >= 0.3 is 6.03 Å². The Kier molecular flexibility index (Phi) is 4.00. The predicted octanol–water partition coefficient (Wildman–Crippen LogP) is 2.75. The number of urea groups is 1. The maximum atomic E-state index is 12.4. The molecule has 1 aliphatic heterocycles. The van der Waals surface area contributed by atoms with Crippen LogP contribution >= 0.6 is 0 Å². The number of nitrogens with two attached hydrogens (primary N) is 1. The molecule has 0 aromatic heterocycles. The Bertz CT molecular complexity index is 639. The molecule has 1 atom stereocenters. The zero-order valence-corrected chi connectivity index (χ0v) is 12.8. The fourth-order valence-corrected chi connectivity index (χ4v) is 2.90. The minimum absolute atomic E-state index is 0.101. The molecule has 1 aliphatic rings. The molecule has 2 aromatic rings. The van der Waals surface area contributed by atoms with E-state index in [0.29, 0.717) is 6.54 Å². The highest BCUT2D eigenvalue weighted by Crippen LogP contribution is 2.20. The van der Waals surface area contributed by atoms with E-state index in [0.717, 1.165) is 24.2 Å². The average Bonchev–Trinajstić information content (AvgIpc) is 2.79. The van der Waals surface area contributed by atoms with Crippen molar-refractivity contribution in [2.24, 2.45) is 0 Å². The van der Waals surface area contributed by atoms with E-state index in [4.69, 9.17) is 5.73 Å². The zero-order chi connectivity index (χ0) is 15.5. The molecule has 2 N–H and O–H groups in total. The van der Waals surface area contributed by atoms with Gasteiger partial charge in [0.2, 0.25) is 0 Å². The summed E-state index contributed by atoms with van der Waals surface area (Å²) in [7, 11) is 1.88. The van der Waals surface area contributed by atoms with E-state index in [9.17, 15) is 4.79 Å². The lowest BCUT2D eigenvalue weighted by molar-refractivity contribution is 0.194. The average molecular weight is 295 g/mol. The second kappa shape index (κ2) is 6.10. The molecule has 0 spiro atoms. The van der Waals surface area contributed by atoms with E-state index < -0.39 is 0 Å². The van der Waals surface area contributed by atoms with Crippen LogP contribution in [-0.2, 0) is 13.0 Å². The van der Waals surface area contributed by atoms with Gasteiger partial charge in [-0.3, -0.25) is 0 Å². The van der Waals surface area contributed by atoms with Crippen molar-refractivity contribution in [3.05, 3.63) is 65.7 Å². The van der Waals surface area contributed by atoms with Crippen LogP contribution in [0.25, 0.3) is 0 Å². The third kappa shape index (κ3) is 3.06. The smallest absolute Gasteiger partial charge is 0.320 e. The van der Waals surface area contributed by atoms with E-state index in [2.05, 4.69) is 12.1 Å². The first-order valence-electron chi connectivity index (χ1n) is 7.53. The summed E-state index contributed by atoms with van der Waals surface area (Å²) in [5.41, 5.74) is 8.86. The van der Waals surface area contributed by atoms with Gasteiger partial charge in [0.25, 0.3) is 0 Å². The lowest BCUT2D eigenvalue weighted by atomic mass is 10.1. The molecule has 0 aliphatic carbocycles. The van der Waals surface area contributed by atoms with Crippen molar-refractivity contribution >= 4 is 11.7 Å². The largest absolute Gasteiger partial charge is 0.399 e. The Hall–Kier alpha value is -2.49. The van der Waals surface area contributed by atoms with E-state index in [1.165, 1.54) is 5.56 Å². The molecule has 1 unspecified atom stereocenters. The SMILES string of the molecule is CN1C(=O)N(Cc2ccccc2)CC1Cc1ccc(N)cc1. The van der Waals surface area contributed by atoms with Crippen LogP contribution in [0.1, 0.15) is 11.1 Å². The van der Waals surface area contributed by atoms with Crippen molar-refractivity contribution in [2.75, 3.05) is 19.3 Å². The molecular weight excluding hydrogens is 274 g/mol. The molecule has 0 saturated carbocycles. The van der Waals surface area contributed by atoms with E-state index in [1.807, 2.05) is 59.3 Å². The first-order chi connectivity index (χ1) is 10.6. The molecular formula is C18H21N3O. The summed E-state index contributed by atoms with van der Waals surface area (Å²) in [4.78, 5) is 16.2. The van der Waals surface area contributed by atoms with E-state index in [1.54, 1.807) is 0 Å². The maximum absolute atomic E-state index is 12.4. The summed E-state index contributed by atoms with van der Waals surface area (Å²) in [5.74, 6) is 0. The standard InChI is InChI=1S/C18H21N3O/c1-20-17(11-14-7-9-16(19)10-8-14)13-21(18(20)22)12-15-5-3-2-4-6-15/h2-10,17H,11-13,19H2,1H3. The van der Waals surface area contributed by atoms with Gasteiger partial charge in [-0.2, -0.15) is 0 Å². The first kappa shape index (κ1) is 14.4. The second-order valence-electron chi connectivity index (χ2n) is 5.86. The number of nitrogens with zero attached hydrogens (tertiary/aromatic N) is 2. The Morgan fingerprint density at radius 2 is 1.73 bits per heavy atom. The minimum atomic E-state index is 0.101. The van der Waals surface area contributed by atoms with Crippen LogP contribution in [0.3, 0.4) is 0 Å². The van der Waals surface area contributed by atoms with Crippen LogP contribution in [0.2, 0.25) is 0 Å². The molecule has 2 amide bonds. The number of nitrogen functional groups attached to an aromatic ring is 1. The summed E-state index contributed by atoms with van der Waals surface area (Å²) < 4.78 is 0. The van der Waals surface area contributed by atoms with Gasteiger partial charge in [0, 0.05) is 25.8 Å².